The maximum Gasteiger partial charge on any atom is 0.337 e. The van der Waals surface area contributed by atoms with Gasteiger partial charge in [-0.15, -0.1) is 0 Å². The van der Waals surface area contributed by atoms with Crippen LogP contribution >= 0.6 is 0 Å². The molecule has 2 saturated heterocycles. The minimum Gasteiger partial charge on any atom is -0.478 e. The molecule has 1 atom stereocenters. The van der Waals surface area contributed by atoms with Crippen molar-refractivity contribution in [1.29, 1.82) is 0 Å². The zero-order valence-electron chi connectivity index (χ0n) is 11.5. The molecule has 2 aliphatic rings. The molecule has 2 fully saturated rings. The highest BCUT2D eigenvalue weighted by atomic mass is 16.4. The summed E-state index contributed by atoms with van der Waals surface area (Å²) in [6.07, 6.45) is 5.05. The lowest BCUT2D eigenvalue weighted by Crippen LogP contribution is -2.37. The number of carbonyl (C=O) groups is 1. The highest BCUT2D eigenvalue weighted by Gasteiger charge is 2.30. The van der Waals surface area contributed by atoms with Crippen LogP contribution in [0.5, 0.6) is 0 Å². The van der Waals surface area contributed by atoms with E-state index in [1.54, 1.807) is 0 Å². The van der Waals surface area contributed by atoms with Crippen LogP contribution in [0.4, 0.5) is 11.5 Å². The summed E-state index contributed by atoms with van der Waals surface area (Å²) in [4.78, 5) is 20.2. The normalized spacial score (nSPS) is 23.4. The number of hydrogen-bond donors (Lipinski definition) is 2. The van der Waals surface area contributed by atoms with E-state index in [9.17, 15) is 4.79 Å². The molecule has 0 aromatic carbocycles. The summed E-state index contributed by atoms with van der Waals surface area (Å²) >= 11 is 0. The number of hydrogen-bond acceptors (Lipinski definition) is 5. The minimum absolute atomic E-state index is 0.141. The maximum absolute atomic E-state index is 11.2. The van der Waals surface area contributed by atoms with Crippen LogP contribution in [-0.4, -0.2) is 53.2 Å². The van der Waals surface area contributed by atoms with Gasteiger partial charge >= 0.3 is 5.97 Å². The van der Waals surface area contributed by atoms with Gasteiger partial charge in [-0.2, -0.15) is 0 Å². The summed E-state index contributed by atoms with van der Waals surface area (Å²) in [7, 11) is 0. The molecule has 20 heavy (non-hydrogen) atoms. The zero-order valence-corrected chi connectivity index (χ0v) is 11.5. The Bertz CT molecular complexity index is 520. The highest BCUT2D eigenvalue weighted by molar-refractivity contribution is 5.96. The molecule has 1 aromatic rings. The van der Waals surface area contributed by atoms with E-state index < -0.39 is 5.97 Å². The standard InChI is InChI=1S/C14H20N4O2/c15-12-11(14(19)20)4-5-16-13(12)18-8-2-7-17-6-1-3-10(17)9-18/h4-5,10H,1-3,6-9,15H2,(H,19,20). The molecule has 1 unspecified atom stereocenters. The number of aromatic nitrogens is 1. The number of carboxylic acids is 1. The van der Waals surface area contributed by atoms with Crippen molar-refractivity contribution in [3.8, 4) is 0 Å². The fourth-order valence-electron chi connectivity index (χ4n) is 3.30. The second-order valence-corrected chi connectivity index (χ2v) is 5.53. The third-order valence-corrected chi connectivity index (χ3v) is 4.30. The van der Waals surface area contributed by atoms with Crippen LogP contribution in [0, 0.1) is 0 Å². The van der Waals surface area contributed by atoms with Crippen molar-refractivity contribution in [3.63, 3.8) is 0 Å². The number of anilines is 2. The lowest BCUT2D eigenvalue weighted by Gasteiger charge is -2.27. The van der Waals surface area contributed by atoms with Gasteiger partial charge in [-0.3, -0.25) is 4.90 Å². The molecule has 0 bridgehead atoms. The Morgan fingerprint density at radius 3 is 2.95 bits per heavy atom. The largest absolute Gasteiger partial charge is 0.478 e. The van der Waals surface area contributed by atoms with Gasteiger partial charge in [0, 0.05) is 31.9 Å². The Balaban J connectivity index is 1.88. The lowest BCUT2D eigenvalue weighted by atomic mass is 10.2. The van der Waals surface area contributed by atoms with Gasteiger partial charge in [-0.05, 0) is 31.9 Å². The van der Waals surface area contributed by atoms with Crippen molar-refractivity contribution in [2.24, 2.45) is 0 Å². The first-order chi connectivity index (χ1) is 9.66. The molecule has 0 aliphatic carbocycles. The molecular formula is C14H20N4O2. The lowest BCUT2D eigenvalue weighted by molar-refractivity contribution is 0.0698. The number of nitrogens with zero attached hydrogens (tertiary/aromatic N) is 3. The van der Waals surface area contributed by atoms with E-state index in [-0.39, 0.29) is 11.3 Å². The molecule has 108 valence electrons. The van der Waals surface area contributed by atoms with E-state index in [0.29, 0.717) is 11.9 Å². The van der Waals surface area contributed by atoms with Crippen molar-refractivity contribution in [3.05, 3.63) is 17.8 Å². The molecule has 0 radical (unpaired) electrons. The Morgan fingerprint density at radius 1 is 1.35 bits per heavy atom. The number of pyridine rings is 1. The van der Waals surface area contributed by atoms with Gasteiger partial charge in [-0.25, -0.2) is 9.78 Å². The monoisotopic (exact) mass is 276 g/mol. The summed E-state index contributed by atoms with van der Waals surface area (Å²) in [6.45, 7) is 4.06. The maximum atomic E-state index is 11.2. The molecule has 0 spiro atoms. The van der Waals surface area contributed by atoms with E-state index in [1.165, 1.54) is 31.6 Å². The van der Waals surface area contributed by atoms with E-state index in [4.69, 9.17) is 10.8 Å². The third kappa shape index (κ3) is 2.31. The van der Waals surface area contributed by atoms with Crippen LogP contribution in [0.25, 0.3) is 0 Å². The first kappa shape index (κ1) is 13.2. The quantitative estimate of drug-likeness (QED) is 0.839. The average molecular weight is 276 g/mol. The molecule has 3 rings (SSSR count). The first-order valence-electron chi connectivity index (χ1n) is 7.13. The predicted molar refractivity (Wildman–Crippen MR) is 77.0 cm³/mol. The van der Waals surface area contributed by atoms with Gasteiger partial charge in [-0.1, -0.05) is 0 Å². The molecule has 0 amide bonds. The van der Waals surface area contributed by atoms with E-state index in [0.717, 1.165) is 26.1 Å². The topological polar surface area (TPSA) is 82.7 Å². The predicted octanol–water partition coefficient (Wildman–Crippen LogP) is 1.04. The van der Waals surface area contributed by atoms with Crippen molar-refractivity contribution in [2.45, 2.75) is 25.3 Å². The van der Waals surface area contributed by atoms with Crippen LogP contribution in [0.1, 0.15) is 29.6 Å². The Kier molecular flexibility index (Phi) is 3.48. The van der Waals surface area contributed by atoms with Gasteiger partial charge in [0.15, 0.2) is 5.82 Å². The summed E-state index contributed by atoms with van der Waals surface area (Å²) in [5.41, 5.74) is 6.43. The molecule has 0 saturated carbocycles. The summed E-state index contributed by atoms with van der Waals surface area (Å²) in [5.74, 6) is -0.373. The molecule has 6 nitrogen and oxygen atoms in total. The summed E-state index contributed by atoms with van der Waals surface area (Å²) in [6, 6.07) is 2.01. The molecular weight excluding hydrogens is 256 g/mol. The van der Waals surface area contributed by atoms with Gasteiger partial charge in [0.25, 0.3) is 0 Å². The summed E-state index contributed by atoms with van der Waals surface area (Å²) in [5, 5.41) is 9.16. The number of nitrogen functional groups attached to an aromatic ring is 1. The highest BCUT2D eigenvalue weighted by Crippen LogP contribution is 2.28. The van der Waals surface area contributed by atoms with E-state index >= 15 is 0 Å². The molecule has 3 N–H and O–H groups in total. The van der Waals surface area contributed by atoms with Gasteiger partial charge in [0.2, 0.25) is 0 Å². The second-order valence-electron chi connectivity index (χ2n) is 5.53. The number of carboxylic acid groups (broad SMARTS) is 1. The van der Waals surface area contributed by atoms with Crippen molar-refractivity contribution >= 4 is 17.5 Å². The van der Waals surface area contributed by atoms with Crippen LogP contribution in [-0.2, 0) is 0 Å². The second kappa shape index (κ2) is 5.28. The molecule has 2 aliphatic heterocycles. The number of nitrogens with two attached hydrogens (primary N) is 1. The average Bonchev–Trinajstić information content (AvgIpc) is 2.76. The smallest absolute Gasteiger partial charge is 0.337 e. The zero-order chi connectivity index (χ0) is 14.1. The molecule has 6 heteroatoms. The summed E-state index contributed by atoms with van der Waals surface area (Å²) < 4.78 is 0. The molecule has 1 aromatic heterocycles. The number of rotatable bonds is 2. The van der Waals surface area contributed by atoms with Crippen LogP contribution in [0.15, 0.2) is 12.3 Å². The fraction of sp³-hybridized carbons (Fsp3) is 0.571. The van der Waals surface area contributed by atoms with E-state index in [1.807, 2.05) is 0 Å². The van der Waals surface area contributed by atoms with Gasteiger partial charge in [0.05, 0.1) is 11.3 Å². The third-order valence-electron chi connectivity index (χ3n) is 4.30. The first-order valence-corrected chi connectivity index (χ1v) is 7.13. The van der Waals surface area contributed by atoms with Crippen LogP contribution in [0.2, 0.25) is 0 Å². The van der Waals surface area contributed by atoms with Crippen LogP contribution in [0.3, 0.4) is 0 Å². The number of aromatic carboxylic acids is 1. The van der Waals surface area contributed by atoms with Crippen molar-refractivity contribution in [1.82, 2.24) is 9.88 Å². The Morgan fingerprint density at radius 2 is 2.15 bits per heavy atom. The Labute approximate surface area is 118 Å². The SMILES string of the molecule is Nc1c(C(=O)O)ccnc1N1CCCN2CCCC2C1. The van der Waals surface area contributed by atoms with Crippen molar-refractivity contribution in [2.75, 3.05) is 36.8 Å². The van der Waals surface area contributed by atoms with Crippen molar-refractivity contribution < 1.29 is 9.90 Å². The number of fused-ring (bicyclic) bond motifs is 1. The fourth-order valence-corrected chi connectivity index (χ4v) is 3.30. The van der Waals surface area contributed by atoms with Gasteiger partial charge < -0.3 is 15.7 Å². The van der Waals surface area contributed by atoms with Gasteiger partial charge in [0.1, 0.15) is 0 Å². The Hall–Kier alpha value is -1.82. The molecule has 3 heterocycles. The minimum atomic E-state index is -0.997. The van der Waals surface area contributed by atoms with Crippen LogP contribution < -0.4 is 10.6 Å². The van der Waals surface area contributed by atoms with E-state index in [2.05, 4.69) is 14.8 Å².